The Labute approximate surface area is 132 Å². The van der Waals surface area contributed by atoms with Gasteiger partial charge in [-0.05, 0) is 36.8 Å². The van der Waals surface area contributed by atoms with Gasteiger partial charge in [-0.3, -0.25) is 4.79 Å². The molecule has 0 fully saturated rings. The second-order valence-corrected chi connectivity index (χ2v) is 6.39. The van der Waals surface area contributed by atoms with Crippen LogP contribution >= 0.6 is 39.3 Å². The third kappa shape index (κ3) is 5.36. The van der Waals surface area contributed by atoms with Crippen molar-refractivity contribution in [1.29, 1.82) is 0 Å². The highest BCUT2D eigenvalue weighted by atomic mass is 79.9. The van der Waals surface area contributed by atoms with Crippen molar-refractivity contribution in [2.75, 3.05) is 18.1 Å². The highest BCUT2D eigenvalue weighted by Gasteiger charge is 2.13. The zero-order valence-corrected chi connectivity index (χ0v) is 14.4. The molecule has 1 aromatic carbocycles. The molecule has 1 rings (SSSR count). The maximum atomic E-state index is 12.1. The van der Waals surface area contributed by atoms with Crippen molar-refractivity contribution in [3.8, 4) is 0 Å². The van der Waals surface area contributed by atoms with E-state index in [-0.39, 0.29) is 5.91 Å². The first kappa shape index (κ1) is 16.9. The Morgan fingerprint density at radius 2 is 2.26 bits per heavy atom. The molecule has 5 heteroatoms. The van der Waals surface area contributed by atoms with Gasteiger partial charge < -0.3 is 5.32 Å². The number of rotatable bonds is 7. The van der Waals surface area contributed by atoms with Crippen LogP contribution in [0.25, 0.3) is 0 Å². The SMILES string of the molecule is CCC(CCBr)CNC(=O)c1cc(SC)ccc1Cl. The van der Waals surface area contributed by atoms with Crippen molar-refractivity contribution in [3.63, 3.8) is 0 Å². The minimum absolute atomic E-state index is 0.0890. The molecule has 0 saturated carbocycles. The van der Waals surface area contributed by atoms with E-state index in [1.807, 2.05) is 18.4 Å². The van der Waals surface area contributed by atoms with E-state index in [1.54, 1.807) is 17.8 Å². The molecule has 0 aliphatic heterocycles. The van der Waals surface area contributed by atoms with Gasteiger partial charge >= 0.3 is 0 Å². The predicted octanol–water partition coefficient (Wildman–Crippen LogP) is 4.60. The molecule has 2 nitrogen and oxygen atoms in total. The van der Waals surface area contributed by atoms with Gasteiger partial charge in [-0.15, -0.1) is 11.8 Å². The first-order valence-electron chi connectivity index (χ1n) is 6.30. The average Bonchev–Trinajstić information content (AvgIpc) is 2.43. The first-order valence-corrected chi connectivity index (χ1v) is 9.02. The van der Waals surface area contributed by atoms with E-state index in [1.165, 1.54) is 0 Å². The van der Waals surface area contributed by atoms with E-state index in [0.29, 0.717) is 23.0 Å². The minimum Gasteiger partial charge on any atom is -0.352 e. The summed E-state index contributed by atoms with van der Waals surface area (Å²) in [6.07, 6.45) is 4.11. The second kappa shape index (κ2) is 8.88. The molecule has 0 aromatic heterocycles. The molecule has 1 N–H and O–H groups in total. The summed E-state index contributed by atoms with van der Waals surface area (Å²) in [5.41, 5.74) is 0.558. The topological polar surface area (TPSA) is 29.1 Å². The first-order chi connectivity index (χ1) is 9.12. The van der Waals surface area contributed by atoms with Crippen LogP contribution in [-0.2, 0) is 0 Å². The van der Waals surface area contributed by atoms with E-state index in [4.69, 9.17) is 11.6 Å². The molecule has 1 atom stereocenters. The van der Waals surface area contributed by atoms with Crippen LogP contribution in [0.4, 0.5) is 0 Å². The van der Waals surface area contributed by atoms with Crippen LogP contribution in [0.1, 0.15) is 30.1 Å². The van der Waals surface area contributed by atoms with Gasteiger partial charge in [0.15, 0.2) is 0 Å². The lowest BCUT2D eigenvalue weighted by Crippen LogP contribution is -2.29. The Kier molecular flexibility index (Phi) is 7.88. The van der Waals surface area contributed by atoms with Crippen molar-refractivity contribution in [2.24, 2.45) is 5.92 Å². The summed E-state index contributed by atoms with van der Waals surface area (Å²) in [6.45, 7) is 2.83. The van der Waals surface area contributed by atoms with Crippen LogP contribution in [0.2, 0.25) is 5.02 Å². The maximum Gasteiger partial charge on any atom is 0.252 e. The Bertz CT molecular complexity index is 428. The van der Waals surface area contributed by atoms with Crippen LogP contribution in [-0.4, -0.2) is 24.0 Å². The number of amides is 1. The summed E-state index contributed by atoms with van der Waals surface area (Å²) in [5.74, 6) is 0.416. The molecule has 1 aromatic rings. The highest BCUT2D eigenvalue weighted by molar-refractivity contribution is 9.09. The molecule has 1 unspecified atom stereocenters. The number of hydrogen-bond donors (Lipinski definition) is 1. The van der Waals surface area contributed by atoms with Crippen LogP contribution in [0.15, 0.2) is 23.1 Å². The number of halogens is 2. The van der Waals surface area contributed by atoms with Crippen molar-refractivity contribution in [1.82, 2.24) is 5.32 Å². The van der Waals surface area contributed by atoms with Crippen LogP contribution in [0.3, 0.4) is 0 Å². The third-order valence-corrected chi connectivity index (χ3v) is 4.58. The molecule has 0 heterocycles. The fourth-order valence-corrected chi connectivity index (χ4v) is 3.03. The molecule has 1 amide bonds. The van der Waals surface area contributed by atoms with Crippen molar-refractivity contribution in [3.05, 3.63) is 28.8 Å². The molecule has 0 aliphatic carbocycles. The van der Waals surface area contributed by atoms with Gasteiger partial charge in [-0.25, -0.2) is 0 Å². The standard InChI is InChI=1S/C14H19BrClNOS/c1-3-10(6-7-15)9-17-14(18)12-8-11(19-2)4-5-13(12)16/h4-5,8,10H,3,6-7,9H2,1-2H3,(H,17,18). The molecule has 106 valence electrons. The monoisotopic (exact) mass is 363 g/mol. The normalized spacial score (nSPS) is 12.2. The predicted molar refractivity (Wildman–Crippen MR) is 87.8 cm³/mol. The molecule has 0 radical (unpaired) electrons. The number of hydrogen-bond acceptors (Lipinski definition) is 2. The molecule has 0 saturated heterocycles. The summed E-state index contributed by atoms with van der Waals surface area (Å²) in [5, 5.41) is 4.44. The Hall–Kier alpha value is -0.190. The zero-order valence-electron chi connectivity index (χ0n) is 11.2. The quantitative estimate of drug-likeness (QED) is 0.566. The van der Waals surface area contributed by atoms with E-state index in [0.717, 1.165) is 23.1 Å². The Morgan fingerprint density at radius 3 is 2.84 bits per heavy atom. The van der Waals surface area contributed by atoms with Crippen LogP contribution in [0, 0.1) is 5.92 Å². The van der Waals surface area contributed by atoms with Crippen LogP contribution < -0.4 is 5.32 Å². The Morgan fingerprint density at radius 1 is 1.53 bits per heavy atom. The molecule has 0 bridgehead atoms. The third-order valence-electron chi connectivity index (χ3n) is 3.06. The van der Waals surface area contributed by atoms with Gasteiger partial charge in [-0.2, -0.15) is 0 Å². The number of alkyl halides is 1. The molecule has 0 spiro atoms. The van der Waals surface area contributed by atoms with Gasteiger partial charge in [0.1, 0.15) is 0 Å². The lowest BCUT2D eigenvalue weighted by Gasteiger charge is -2.15. The van der Waals surface area contributed by atoms with E-state index in [9.17, 15) is 4.79 Å². The van der Waals surface area contributed by atoms with Gasteiger partial charge in [-0.1, -0.05) is 40.9 Å². The number of nitrogens with one attached hydrogen (secondary N) is 1. The number of benzene rings is 1. The summed E-state index contributed by atoms with van der Waals surface area (Å²) in [7, 11) is 0. The summed E-state index contributed by atoms with van der Waals surface area (Å²) in [4.78, 5) is 13.2. The van der Waals surface area contributed by atoms with E-state index < -0.39 is 0 Å². The van der Waals surface area contributed by atoms with Gasteiger partial charge in [0.05, 0.1) is 10.6 Å². The summed E-state index contributed by atoms with van der Waals surface area (Å²) in [6, 6.07) is 5.54. The average molecular weight is 365 g/mol. The Balaban J connectivity index is 2.67. The maximum absolute atomic E-state index is 12.1. The minimum atomic E-state index is -0.0890. The van der Waals surface area contributed by atoms with E-state index in [2.05, 4.69) is 28.2 Å². The zero-order chi connectivity index (χ0) is 14.3. The second-order valence-electron chi connectivity index (χ2n) is 4.31. The van der Waals surface area contributed by atoms with Gasteiger partial charge in [0.2, 0.25) is 0 Å². The van der Waals surface area contributed by atoms with Crippen molar-refractivity contribution < 1.29 is 4.79 Å². The largest absolute Gasteiger partial charge is 0.352 e. The molecular formula is C14H19BrClNOS. The number of carbonyl (C=O) groups is 1. The van der Waals surface area contributed by atoms with Gasteiger partial charge in [0.25, 0.3) is 5.91 Å². The fourth-order valence-electron chi connectivity index (χ4n) is 1.74. The van der Waals surface area contributed by atoms with Gasteiger partial charge in [0, 0.05) is 16.8 Å². The van der Waals surface area contributed by atoms with Crippen LogP contribution in [0.5, 0.6) is 0 Å². The lowest BCUT2D eigenvalue weighted by molar-refractivity contribution is 0.0946. The molecule has 0 aliphatic rings. The summed E-state index contributed by atoms with van der Waals surface area (Å²) >= 11 is 11.1. The molecule has 19 heavy (non-hydrogen) atoms. The smallest absolute Gasteiger partial charge is 0.252 e. The van der Waals surface area contributed by atoms with E-state index >= 15 is 0 Å². The van der Waals surface area contributed by atoms with Crippen molar-refractivity contribution >= 4 is 45.2 Å². The lowest BCUT2D eigenvalue weighted by atomic mass is 10.0. The highest BCUT2D eigenvalue weighted by Crippen LogP contribution is 2.23. The number of carbonyl (C=O) groups excluding carboxylic acids is 1. The summed E-state index contributed by atoms with van der Waals surface area (Å²) < 4.78 is 0. The fraction of sp³-hybridized carbons (Fsp3) is 0.500. The number of thioether (sulfide) groups is 1. The molecular weight excluding hydrogens is 346 g/mol. The van der Waals surface area contributed by atoms with Crippen molar-refractivity contribution in [2.45, 2.75) is 24.7 Å².